The largest absolute Gasteiger partial charge is 0.480 e. The molecule has 1 aromatic carbocycles. The van der Waals surface area contributed by atoms with Gasteiger partial charge >= 0.3 is 12.0 Å². The zero-order chi connectivity index (χ0) is 15.3. The first-order chi connectivity index (χ1) is 9.98. The molecule has 3 N–H and O–H groups in total. The van der Waals surface area contributed by atoms with E-state index in [-0.39, 0.29) is 11.8 Å². The minimum absolute atomic E-state index is 0.176. The summed E-state index contributed by atoms with van der Waals surface area (Å²) in [6.07, 6.45) is 3.70. The summed E-state index contributed by atoms with van der Waals surface area (Å²) in [6.45, 7) is 2.73. The maximum atomic E-state index is 11.8. The van der Waals surface area contributed by atoms with Crippen molar-refractivity contribution in [3.63, 3.8) is 0 Å². The van der Waals surface area contributed by atoms with Crippen LogP contribution in [0.15, 0.2) is 30.3 Å². The number of aliphatic carboxylic acids is 1. The molecule has 1 aliphatic rings. The summed E-state index contributed by atoms with van der Waals surface area (Å²) >= 11 is 0. The van der Waals surface area contributed by atoms with E-state index in [0.29, 0.717) is 6.54 Å². The Hall–Kier alpha value is -2.04. The van der Waals surface area contributed by atoms with Gasteiger partial charge in [0.2, 0.25) is 0 Å². The van der Waals surface area contributed by atoms with Crippen molar-refractivity contribution in [2.24, 2.45) is 5.41 Å². The molecule has 0 aliphatic heterocycles. The molecular weight excluding hydrogens is 268 g/mol. The molecule has 21 heavy (non-hydrogen) atoms. The second-order valence-electron chi connectivity index (χ2n) is 6.07. The first-order valence-corrected chi connectivity index (χ1v) is 7.30. The Morgan fingerprint density at radius 3 is 2.48 bits per heavy atom. The zero-order valence-corrected chi connectivity index (χ0v) is 12.3. The van der Waals surface area contributed by atoms with Crippen LogP contribution in [-0.4, -0.2) is 29.7 Å². The van der Waals surface area contributed by atoms with Gasteiger partial charge in [-0.3, -0.25) is 0 Å². The van der Waals surface area contributed by atoms with Gasteiger partial charge in [0.15, 0.2) is 0 Å². The Morgan fingerprint density at radius 2 is 1.95 bits per heavy atom. The van der Waals surface area contributed by atoms with Gasteiger partial charge in [-0.25, -0.2) is 9.59 Å². The number of carboxylic acids is 1. The highest BCUT2D eigenvalue weighted by molar-refractivity contribution is 5.82. The summed E-state index contributed by atoms with van der Waals surface area (Å²) in [5.74, 6) is -1.02. The van der Waals surface area contributed by atoms with Gasteiger partial charge in [0.25, 0.3) is 0 Å². The Labute approximate surface area is 124 Å². The maximum Gasteiger partial charge on any atom is 0.326 e. The van der Waals surface area contributed by atoms with E-state index >= 15 is 0 Å². The van der Waals surface area contributed by atoms with Crippen molar-refractivity contribution in [1.82, 2.24) is 10.6 Å². The summed E-state index contributed by atoms with van der Waals surface area (Å²) in [7, 11) is 0. The minimum Gasteiger partial charge on any atom is -0.480 e. The average Bonchev–Trinajstić information content (AvgIpc) is 2.43. The molecule has 1 aromatic rings. The molecule has 5 nitrogen and oxygen atoms in total. The van der Waals surface area contributed by atoms with Crippen LogP contribution in [0.2, 0.25) is 0 Å². The van der Waals surface area contributed by atoms with Crippen molar-refractivity contribution in [3.05, 3.63) is 35.9 Å². The fourth-order valence-corrected chi connectivity index (χ4v) is 2.51. The third kappa shape index (κ3) is 4.48. The van der Waals surface area contributed by atoms with Gasteiger partial charge in [-0.05, 0) is 23.8 Å². The lowest BCUT2D eigenvalue weighted by molar-refractivity contribution is -0.139. The van der Waals surface area contributed by atoms with Gasteiger partial charge in [0.05, 0.1) is 0 Å². The number of nitrogens with one attached hydrogen (secondary N) is 2. The van der Waals surface area contributed by atoms with E-state index in [4.69, 9.17) is 0 Å². The molecule has 1 aliphatic carbocycles. The van der Waals surface area contributed by atoms with E-state index in [9.17, 15) is 14.7 Å². The first kappa shape index (κ1) is 15.4. The molecule has 5 heteroatoms. The van der Waals surface area contributed by atoms with Crippen molar-refractivity contribution < 1.29 is 14.7 Å². The van der Waals surface area contributed by atoms with Crippen LogP contribution in [0.4, 0.5) is 4.79 Å². The predicted octanol–water partition coefficient (Wildman–Crippen LogP) is 2.17. The number of urea groups is 1. The van der Waals surface area contributed by atoms with E-state index < -0.39 is 18.0 Å². The Morgan fingerprint density at radius 1 is 1.29 bits per heavy atom. The van der Waals surface area contributed by atoms with E-state index in [1.807, 2.05) is 30.3 Å². The lowest BCUT2D eigenvalue weighted by Gasteiger charge is -2.38. The molecule has 1 saturated carbocycles. The Kier molecular flexibility index (Phi) is 4.83. The third-order valence-corrected chi connectivity index (χ3v) is 4.12. The van der Waals surface area contributed by atoms with Crippen molar-refractivity contribution in [3.8, 4) is 0 Å². The van der Waals surface area contributed by atoms with Gasteiger partial charge in [-0.2, -0.15) is 0 Å². The molecular formula is C16H22N2O3. The molecule has 0 bridgehead atoms. The highest BCUT2D eigenvalue weighted by atomic mass is 16.4. The number of rotatable bonds is 6. The molecule has 1 fully saturated rings. The van der Waals surface area contributed by atoms with Crippen LogP contribution in [0.25, 0.3) is 0 Å². The van der Waals surface area contributed by atoms with Crippen LogP contribution in [0.3, 0.4) is 0 Å². The highest BCUT2D eigenvalue weighted by Gasteiger charge is 2.32. The van der Waals surface area contributed by atoms with Crippen LogP contribution >= 0.6 is 0 Å². The van der Waals surface area contributed by atoms with Gasteiger partial charge in [-0.1, -0.05) is 43.7 Å². The van der Waals surface area contributed by atoms with Crippen molar-refractivity contribution in [2.45, 2.75) is 38.6 Å². The summed E-state index contributed by atoms with van der Waals surface area (Å²) in [5, 5.41) is 14.5. The van der Waals surface area contributed by atoms with E-state index in [2.05, 4.69) is 17.6 Å². The summed E-state index contributed by atoms with van der Waals surface area (Å²) < 4.78 is 0. The quantitative estimate of drug-likeness (QED) is 0.751. The number of carbonyl (C=O) groups excluding carboxylic acids is 1. The van der Waals surface area contributed by atoms with Crippen LogP contribution < -0.4 is 10.6 Å². The lowest BCUT2D eigenvalue weighted by Crippen LogP contribution is -2.50. The SMILES string of the molecule is CC1(CNC(=O)N[C@@H](Cc2ccccc2)C(=O)O)CCC1. The predicted molar refractivity (Wildman–Crippen MR) is 80.1 cm³/mol. The number of benzene rings is 1. The lowest BCUT2D eigenvalue weighted by atomic mass is 9.70. The van der Waals surface area contributed by atoms with Crippen LogP contribution in [0.1, 0.15) is 31.7 Å². The molecule has 0 radical (unpaired) electrons. The smallest absolute Gasteiger partial charge is 0.326 e. The minimum atomic E-state index is -1.02. The summed E-state index contributed by atoms with van der Waals surface area (Å²) in [6, 6.07) is 7.96. The molecule has 0 heterocycles. The second-order valence-corrected chi connectivity index (χ2v) is 6.07. The Bertz CT molecular complexity index is 498. The van der Waals surface area contributed by atoms with Gasteiger partial charge in [0.1, 0.15) is 6.04 Å². The average molecular weight is 290 g/mol. The van der Waals surface area contributed by atoms with E-state index in [1.165, 1.54) is 6.42 Å². The molecule has 1 atom stereocenters. The monoisotopic (exact) mass is 290 g/mol. The van der Waals surface area contributed by atoms with Crippen molar-refractivity contribution in [1.29, 1.82) is 0 Å². The topological polar surface area (TPSA) is 78.4 Å². The normalized spacial score (nSPS) is 17.4. The van der Waals surface area contributed by atoms with Gasteiger partial charge in [0, 0.05) is 13.0 Å². The molecule has 2 rings (SSSR count). The Balaban J connectivity index is 1.84. The zero-order valence-electron chi connectivity index (χ0n) is 12.3. The summed E-state index contributed by atoms with van der Waals surface area (Å²) in [5.41, 5.74) is 1.06. The molecule has 0 saturated heterocycles. The molecule has 2 amide bonds. The standard InChI is InChI=1S/C16H22N2O3/c1-16(8-5-9-16)11-17-15(21)18-13(14(19)20)10-12-6-3-2-4-7-12/h2-4,6-7,13H,5,8-11H2,1H3,(H,19,20)(H2,17,18,21)/t13-/m0/s1. The van der Waals surface area contributed by atoms with E-state index in [1.54, 1.807) is 0 Å². The fraction of sp³-hybridized carbons (Fsp3) is 0.500. The first-order valence-electron chi connectivity index (χ1n) is 7.30. The van der Waals surface area contributed by atoms with Gasteiger partial charge < -0.3 is 15.7 Å². The number of carbonyl (C=O) groups is 2. The fourth-order valence-electron chi connectivity index (χ4n) is 2.51. The van der Waals surface area contributed by atoms with E-state index in [0.717, 1.165) is 18.4 Å². The number of hydrogen-bond donors (Lipinski definition) is 3. The van der Waals surface area contributed by atoms with Crippen LogP contribution in [0.5, 0.6) is 0 Å². The number of carboxylic acid groups (broad SMARTS) is 1. The third-order valence-electron chi connectivity index (χ3n) is 4.12. The van der Waals surface area contributed by atoms with Gasteiger partial charge in [-0.15, -0.1) is 0 Å². The highest BCUT2D eigenvalue weighted by Crippen LogP contribution is 2.39. The van der Waals surface area contributed by atoms with Crippen molar-refractivity contribution >= 4 is 12.0 Å². The summed E-state index contributed by atoms with van der Waals surface area (Å²) in [4.78, 5) is 23.1. The second kappa shape index (κ2) is 6.61. The number of hydrogen-bond acceptors (Lipinski definition) is 2. The number of amides is 2. The maximum absolute atomic E-state index is 11.8. The molecule has 0 unspecified atom stereocenters. The van der Waals surface area contributed by atoms with Crippen LogP contribution in [-0.2, 0) is 11.2 Å². The van der Waals surface area contributed by atoms with Crippen LogP contribution in [0, 0.1) is 5.41 Å². The van der Waals surface area contributed by atoms with Crippen molar-refractivity contribution in [2.75, 3.05) is 6.54 Å². The molecule has 0 aromatic heterocycles. The molecule has 114 valence electrons. The molecule has 0 spiro atoms.